The maximum absolute atomic E-state index is 5.80. The van der Waals surface area contributed by atoms with Crippen LogP contribution in [0.2, 0.25) is 0 Å². The van der Waals surface area contributed by atoms with Gasteiger partial charge in [-0.05, 0) is 38.8 Å². The highest BCUT2D eigenvalue weighted by Crippen LogP contribution is 2.24. The minimum atomic E-state index is -0.212. The van der Waals surface area contributed by atoms with E-state index in [4.69, 9.17) is 10.5 Å². The topological polar surface area (TPSA) is 48.1 Å². The van der Waals surface area contributed by atoms with E-state index in [1.165, 1.54) is 0 Å². The standard InChI is InChI=1S/C11H18N2O/c1-5-11(3,4)14-10-9(12)6-8(2)7-13-10/h6-7H,5,12H2,1-4H3. The van der Waals surface area contributed by atoms with Crippen LogP contribution in [0, 0.1) is 6.92 Å². The molecule has 0 fully saturated rings. The van der Waals surface area contributed by atoms with E-state index in [-0.39, 0.29) is 5.60 Å². The van der Waals surface area contributed by atoms with Gasteiger partial charge in [-0.25, -0.2) is 4.98 Å². The number of hydrogen-bond donors (Lipinski definition) is 1. The van der Waals surface area contributed by atoms with Crippen molar-refractivity contribution in [1.82, 2.24) is 4.98 Å². The van der Waals surface area contributed by atoms with Crippen molar-refractivity contribution in [1.29, 1.82) is 0 Å². The largest absolute Gasteiger partial charge is 0.470 e. The minimum Gasteiger partial charge on any atom is -0.470 e. The van der Waals surface area contributed by atoms with Gasteiger partial charge in [-0.1, -0.05) is 6.92 Å². The average Bonchev–Trinajstić information content (AvgIpc) is 2.10. The summed E-state index contributed by atoms with van der Waals surface area (Å²) in [6, 6.07) is 1.87. The Hall–Kier alpha value is -1.25. The van der Waals surface area contributed by atoms with Crippen molar-refractivity contribution in [3.05, 3.63) is 17.8 Å². The molecular formula is C11H18N2O. The monoisotopic (exact) mass is 194 g/mol. The Balaban J connectivity index is 2.87. The van der Waals surface area contributed by atoms with E-state index in [9.17, 15) is 0 Å². The molecule has 0 aromatic carbocycles. The molecule has 0 saturated carbocycles. The lowest BCUT2D eigenvalue weighted by molar-refractivity contribution is 0.100. The number of hydrogen-bond acceptors (Lipinski definition) is 3. The zero-order valence-corrected chi connectivity index (χ0v) is 9.29. The first kappa shape index (κ1) is 10.8. The molecule has 3 heteroatoms. The lowest BCUT2D eigenvalue weighted by Gasteiger charge is -2.24. The number of nitrogens with zero attached hydrogens (tertiary/aromatic N) is 1. The Morgan fingerprint density at radius 2 is 2.14 bits per heavy atom. The molecule has 1 rings (SSSR count). The molecule has 0 saturated heterocycles. The number of ether oxygens (including phenoxy) is 1. The second-order valence-corrected chi connectivity index (χ2v) is 4.12. The first-order chi connectivity index (χ1) is 6.44. The highest BCUT2D eigenvalue weighted by molar-refractivity contribution is 5.49. The molecule has 0 spiro atoms. The Morgan fingerprint density at radius 1 is 1.50 bits per heavy atom. The average molecular weight is 194 g/mol. The first-order valence-corrected chi connectivity index (χ1v) is 4.86. The molecule has 0 unspecified atom stereocenters. The summed E-state index contributed by atoms with van der Waals surface area (Å²) in [6.45, 7) is 8.07. The van der Waals surface area contributed by atoms with Crippen LogP contribution in [0.5, 0.6) is 5.88 Å². The van der Waals surface area contributed by atoms with Crippen LogP contribution in [0.4, 0.5) is 5.69 Å². The Bertz CT molecular complexity index is 321. The van der Waals surface area contributed by atoms with Crippen molar-refractivity contribution in [3.63, 3.8) is 0 Å². The summed E-state index contributed by atoms with van der Waals surface area (Å²) in [5.74, 6) is 0.530. The van der Waals surface area contributed by atoms with Crippen LogP contribution in [-0.2, 0) is 0 Å². The predicted octanol–water partition coefficient (Wildman–Crippen LogP) is 2.54. The molecule has 3 nitrogen and oxygen atoms in total. The Kier molecular flexibility index (Phi) is 2.99. The van der Waals surface area contributed by atoms with Gasteiger partial charge in [0.05, 0.1) is 5.69 Å². The smallest absolute Gasteiger partial charge is 0.237 e. The highest BCUT2D eigenvalue weighted by Gasteiger charge is 2.18. The third-order valence-electron chi connectivity index (χ3n) is 2.24. The Morgan fingerprint density at radius 3 is 2.64 bits per heavy atom. The van der Waals surface area contributed by atoms with E-state index in [2.05, 4.69) is 11.9 Å². The summed E-state index contributed by atoms with van der Waals surface area (Å²) in [4.78, 5) is 4.16. The second kappa shape index (κ2) is 3.86. The lowest BCUT2D eigenvalue weighted by atomic mass is 10.1. The van der Waals surface area contributed by atoms with Gasteiger partial charge in [-0.3, -0.25) is 0 Å². The fourth-order valence-corrected chi connectivity index (χ4v) is 0.998. The number of nitrogens with two attached hydrogens (primary N) is 1. The third kappa shape index (κ3) is 2.62. The molecule has 1 aromatic rings. The molecule has 0 atom stereocenters. The fourth-order valence-electron chi connectivity index (χ4n) is 0.998. The van der Waals surface area contributed by atoms with Crippen molar-refractivity contribution in [3.8, 4) is 5.88 Å². The molecular weight excluding hydrogens is 176 g/mol. The van der Waals surface area contributed by atoms with E-state index in [1.54, 1.807) is 6.20 Å². The number of aryl methyl sites for hydroxylation is 1. The van der Waals surface area contributed by atoms with Gasteiger partial charge in [0.25, 0.3) is 0 Å². The van der Waals surface area contributed by atoms with Crippen molar-refractivity contribution in [2.75, 3.05) is 5.73 Å². The highest BCUT2D eigenvalue weighted by atomic mass is 16.5. The molecule has 0 radical (unpaired) electrons. The normalized spacial score (nSPS) is 11.4. The summed E-state index contributed by atoms with van der Waals surface area (Å²) >= 11 is 0. The van der Waals surface area contributed by atoms with Gasteiger partial charge in [0, 0.05) is 6.20 Å². The van der Waals surface area contributed by atoms with Gasteiger partial charge >= 0.3 is 0 Å². The zero-order valence-electron chi connectivity index (χ0n) is 9.29. The maximum atomic E-state index is 5.80. The van der Waals surface area contributed by atoms with Crippen molar-refractivity contribution in [2.45, 2.75) is 39.7 Å². The summed E-state index contributed by atoms with van der Waals surface area (Å²) < 4.78 is 5.70. The summed E-state index contributed by atoms with van der Waals surface area (Å²) in [5, 5.41) is 0. The number of nitrogen functional groups attached to an aromatic ring is 1. The van der Waals surface area contributed by atoms with Crippen LogP contribution < -0.4 is 10.5 Å². The van der Waals surface area contributed by atoms with Gasteiger partial charge in [0.2, 0.25) is 5.88 Å². The van der Waals surface area contributed by atoms with Crippen LogP contribution in [0.25, 0.3) is 0 Å². The van der Waals surface area contributed by atoms with Crippen molar-refractivity contribution in [2.24, 2.45) is 0 Å². The van der Waals surface area contributed by atoms with E-state index < -0.39 is 0 Å². The van der Waals surface area contributed by atoms with E-state index in [1.807, 2.05) is 26.8 Å². The van der Waals surface area contributed by atoms with E-state index >= 15 is 0 Å². The van der Waals surface area contributed by atoms with E-state index in [0.29, 0.717) is 11.6 Å². The molecule has 0 aliphatic heterocycles. The van der Waals surface area contributed by atoms with Gasteiger partial charge in [0.15, 0.2) is 0 Å². The first-order valence-electron chi connectivity index (χ1n) is 4.86. The fraction of sp³-hybridized carbons (Fsp3) is 0.545. The van der Waals surface area contributed by atoms with Gasteiger partial charge in [-0.2, -0.15) is 0 Å². The molecule has 0 bridgehead atoms. The molecule has 0 amide bonds. The summed E-state index contributed by atoms with van der Waals surface area (Å²) in [7, 11) is 0. The molecule has 1 heterocycles. The summed E-state index contributed by atoms with van der Waals surface area (Å²) in [5.41, 5.74) is 7.23. The van der Waals surface area contributed by atoms with Crippen molar-refractivity contribution >= 4 is 5.69 Å². The summed E-state index contributed by atoms with van der Waals surface area (Å²) in [6.07, 6.45) is 2.68. The molecule has 78 valence electrons. The minimum absolute atomic E-state index is 0.212. The molecule has 1 aromatic heterocycles. The molecule has 0 aliphatic rings. The van der Waals surface area contributed by atoms with Crippen LogP contribution in [-0.4, -0.2) is 10.6 Å². The third-order valence-corrected chi connectivity index (χ3v) is 2.24. The molecule has 0 aliphatic carbocycles. The van der Waals surface area contributed by atoms with Gasteiger partial charge < -0.3 is 10.5 Å². The molecule has 14 heavy (non-hydrogen) atoms. The number of pyridine rings is 1. The SMILES string of the molecule is CCC(C)(C)Oc1ncc(C)cc1N. The maximum Gasteiger partial charge on any atom is 0.237 e. The van der Waals surface area contributed by atoms with Crippen LogP contribution in [0.15, 0.2) is 12.3 Å². The predicted molar refractivity (Wildman–Crippen MR) is 58.4 cm³/mol. The van der Waals surface area contributed by atoms with E-state index in [0.717, 1.165) is 12.0 Å². The van der Waals surface area contributed by atoms with Crippen molar-refractivity contribution < 1.29 is 4.74 Å². The Labute approximate surface area is 85.3 Å². The van der Waals surface area contributed by atoms with Gasteiger partial charge in [0.1, 0.15) is 5.60 Å². The second-order valence-electron chi connectivity index (χ2n) is 4.12. The number of anilines is 1. The van der Waals surface area contributed by atoms with Crippen LogP contribution >= 0.6 is 0 Å². The molecule has 2 N–H and O–H groups in total. The van der Waals surface area contributed by atoms with Crippen LogP contribution in [0.3, 0.4) is 0 Å². The number of aromatic nitrogens is 1. The van der Waals surface area contributed by atoms with Gasteiger partial charge in [-0.15, -0.1) is 0 Å². The number of rotatable bonds is 3. The zero-order chi connectivity index (χ0) is 10.8. The van der Waals surface area contributed by atoms with Crippen LogP contribution in [0.1, 0.15) is 32.8 Å². The lowest BCUT2D eigenvalue weighted by Crippen LogP contribution is -2.27. The quantitative estimate of drug-likeness (QED) is 0.804.